The number of halogens is 2. The van der Waals surface area contributed by atoms with Crippen LogP contribution >= 0.6 is 24.0 Å². The molecule has 0 spiro atoms. The number of nitrogens with one attached hydrogen (secondary N) is 3. The molecule has 0 aliphatic carbocycles. The van der Waals surface area contributed by atoms with Gasteiger partial charge in [-0.05, 0) is 43.0 Å². The minimum Gasteiger partial charge on any atom is -0.389 e. The second kappa shape index (κ2) is 12.9. The van der Waals surface area contributed by atoms with E-state index in [9.17, 15) is 9.50 Å². The van der Waals surface area contributed by atoms with Crippen LogP contribution in [0.3, 0.4) is 0 Å². The maximum absolute atomic E-state index is 13.3. The monoisotopic (exact) mass is 506 g/mol. The van der Waals surface area contributed by atoms with Gasteiger partial charge in [-0.15, -0.1) is 24.0 Å². The molecule has 2 rings (SSSR count). The van der Waals surface area contributed by atoms with Gasteiger partial charge in [0.05, 0.1) is 19.3 Å². The van der Waals surface area contributed by atoms with E-state index >= 15 is 0 Å². The van der Waals surface area contributed by atoms with Crippen LogP contribution < -0.4 is 10.6 Å². The van der Waals surface area contributed by atoms with Gasteiger partial charge in [-0.1, -0.05) is 13.8 Å². The van der Waals surface area contributed by atoms with Crippen LogP contribution in [0.2, 0.25) is 0 Å². The number of aromatic amines is 1. The standard InChI is InChI=1S/C20H31FN4O2.HI/c1-4-22-20(25-11-17(26)13-27-12-14(2)3)23-8-7-15-10-24-19-9-16(21)5-6-18(15)19;/h5-6,9-10,14,17,24,26H,4,7-8,11-13H2,1-3H3,(H2,22,23,25);1H. The molecule has 158 valence electrons. The minimum absolute atomic E-state index is 0. The summed E-state index contributed by atoms with van der Waals surface area (Å²) >= 11 is 0. The smallest absolute Gasteiger partial charge is 0.191 e. The molecule has 28 heavy (non-hydrogen) atoms. The lowest BCUT2D eigenvalue weighted by Gasteiger charge is -2.14. The Kier molecular flexibility index (Phi) is 11.4. The molecule has 6 nitrogen and oxygen atoms in total. The average Bonchev–Trinajstić information content (AvgIpc) is 3.01. The Hall–Kier alpha value is -1.39. The van der Waals surface area contributed by atoms with Crippen molar-refractivity contribution >= 4 is 40.8 Å². The first kappa shape index (κ1) is 24.6. The Labute approximate surface area is 183 Å². The van der Waals surface area contributed by atoms with E-state index in [-0.39, 0.29) is 42.9 Å². The second-order valence-corrected chi connectivity index (χ2v) is 6.99. The zero-order chi connectivity index (χ0) is 19.6. The van der Waals surface area contributed by atoms with E-state index in [4.69, 9.17) is 4.74 Å². The number of rotatable bonds is 10. The largest absolute Gasteiger partial charge is 0.389 e. The summed E-state index contributed by atoms with van der Waals surface area (Å²) in [4.78, 5) is 7.51. The van der Waals surface area contributed by atoms with E-state index in [0.717, 1.165) is 29.4 Å². The average molecular weight is 506 g/mol. The van der Waals surface area contributed by atoms with Crippen molar-refractivity contribution in [3.63, 3.8) is 0 Å². The number of hydrogen-bond acceptors (Lipinski definition) is 3. The first-order valence-electron chi connectivity index (χ1n) is 9.53. The fourth-order valence-electron chi connectivity index (χ4n) is 2.71. The molecule has 1 aromatic carbocycles. The van der Waals surface area contributed by atoms with Crippen LogP contribution in [0.15, 0.2) is 29.4 Å². The normalized spacial score (nSPS) is 12.9. The van der Waals surface area contributed by atoms with Crippen molar-refractivity contribution in [1.29, 1.82) is 0 Å². The molecule has 8 heteroatoms. The van der Waals surface area contributed by atoms with Crippen molar-refractivity contribution in [2.75, 3.05) is 32.8 Å². The van der Waals surface area contributed by atoms with Gasteiger partial charge in [-0.2, -0.15) is 0 Å². The van der Waals surface area contributed by atoms with Gasteiger partial charge in [0, 0.05) is 36.8 Å². The third-order valence-corrected chi connectivity index (χ3v) is 3.98. The first-order valence-corrected chi connectivity index (χ1v) is 9.53. The van der Waals surface area contributed by atoms with Gasteiger partial charge in [0.2, 0.25) is 0 Å². The predicted molar refractivity (Wildman–Crippen MR) is 123 cm³/mol. The highest BCUT2D eigenvalue weighted by atomic mass is 127. The zero-order valence-electron chi connectivity index (χ0n) is 16.8. The number of hydrogen-bond donors (Lipinski definition) is 4. The van der Waals surface area contributed by atoms with Crippen LogP contribution in [0, 0.1) is 11.7 Å². The number of aliphatic hydroxyl groups is 1. The number of ether oxygens (including phenoxy) is 1. The highest BCUT2D eigenvalue weighted by molar-refractivity contribution is 14.0. The van der Waals surface area contributed by atoms with Crippen LogP contribution in [-0.2, 0) is 11.2 Å². The summed E-state index contributed by atoms with van der Waals surface area (Å²) in [5.41, 5.74) is 1.92. The van der Waals surface area contributed by atoms with Crippen molar-refractivity contribution in [3.05, 3.63) is 35.8 Å². The molecule has 1 aromatic heterocycles. The van der Waals surface area contributed by atoms with Crippen molar-refractivity contribution in [3.8, 4) is 0 Å². The number of aliphatic hydroxyl groups excluding tert-OH is 1. The molecule has 0 amide bonds. The molecular formula is C20H32FIN4O2. The fraction of sp³-hybridized carbons (Fsp3) is 0.550. The highest BCUT2D eigenvalue weighted by Crippen LogP contribution is 2.19. The van der Waals surface area contributed by atoms with Crippen LogP contribution in [0.4, 0.5) is 4.39 Å². The molecule has 1 unspecified atom stereocenters. The molecule has 2 aromatic rings. The Morgan fingerprint density at radius 3 is 2.79 bits per heavy atom. The Balaban J connectivity index is 0.00000392. The molecule has 1 heterocycles. The number of benzene rings is 1. The highest BCUT2D eigenvalue weighted by Gasteiger charge is 2.07. The van der Waals surface area contributed by atoms with Crippen molar-refractivity contribution in [2.45, 2.75) is 33.3 Å². The molecule has 1 atom stereocenters. The first-order chi connectivity index (χ1) is 13.0. The predicted octanol–water partition coefficient (Wildman–Crippen LogP) is 3.06. The fourth-order valence-corrected chi connectivity index (χ4v) is 2.71. The van der Waals surface area contributed by atoms with E-state index in [1.165, 1.54) is 12.1 Å². The molecule has 0 aliphatic heterocycles. The molecule has 0 bridgehead atoms. The lowest BCUT2D eigenvalue weighted by atomic mass is 10.1. The molecule has 4 N–H and O–H groups in total. The third kappa shape index (κ3) is 8.32. The maximum atomic E-state index is 13.3. The third-order valence-electron chi connectivity index (χ3n) is 3.98. The van der Waals surface area contributed by atoms with Crippen molar-refractivity contribution < 1.29 is 14.2 Å². The number of fused-ring (bicyclic) bond motifs is 1. The summed E-state index contributed by atoms with van der Waals surface area (Å²) in [6.07, 6.45) is 2.06. The Bertz CT molecular complexity index is 736. The lowest BCUT2D eigenvalue weighted by Crippen LogP contribution is -2.39. The van der Waals surface area contributed by atoms with E-state index in [1.54, 1.807) is 6.07 Å². The van der Waals surface area contributed by atoms with Gasteiger partial charge < -0.3 is 25.5 Å². The second-order valence-electron chi connectivity index (χ2n) is 6.99. The Morgan fingerprint density at radius 1 is 1.29 bits per heavy atom. The molecule has 0 saturated heterocycles. The number of guanidine groups is 1. The van der Waals surface area contributed by atoms with Crippen LogP contribution in [0.5, 0.6) is 0 Å². The summed E-state index contributed by atoms with van der Waals surface area (Å²) in [6, 6.07) is 4.77. The van der Waals surface area contributed by atoms with E-state index in [2.05, 4.69) is 34.5 Å². The van der Waals surface area contributed by atoms with Gasteiger partial charge >= 0.3 is 0 Å². The topological polar surface area (TPSA) is 81.7 Å². The summed E-state index contributed by atoms with van der Waals surface area (Å²) in [5, 5.41) is 17.4. The van der Waals surface area contributed by atoms with Crippen LogP contribution in [0.1, 0.15) is 26.3 Å². The summed E-state index contributed by atoms with van der Waals surface area (Å²) in [6.45, 7) is 8.74. The molecule has 0 aliphatic rings. The molecule has 0 fully saturated rings. The van der Waals surface area contributed by atoms with Gasteiger partial charge in [-0.25, -0.2) is 4.39 Å². The molecule has 0 radical (unpaired) electrons. The van der Waals surface area contributed by atoms with Crippen LogP contribution in [-0.4, -0.2) is 55.0 Å². The number of aromatic nitrogens is 1. The zero-order valence-corrected chi connectivity index (χ0v) is 19.1. The quantitative estimate of drug-likeness (QED) is 0.227. The SMILES string of the molecule is CCNC(=NCC(O)COCC(C)C)NCCc1c[nH]c2cc(F)ccc12.I. The van der Waals surface area contributed by atoms with Crippen molar-refractivity contribution in [2.24, 2.45) is 10.9 Å². The number of aliphatic imine (C=N–C) groups is 1. The Morgan fingerprint density at radius 2 is 2.07 bits per heavy atom. The summed E-state index contributed by atoms with van der Waals surface area (Å²) in [5.74, 6) is 0.860. The van der Waals surface area contributed by atoms with Gasteiger partial charge in [0.15, 0.2) is 5.96 Å². The van der Waals surface area contributed by atoms with Crippen molar-refractivity contribution in [1.82, 2.24) is 15.6 Å². The summed E-state index contributed by atoms with van der Waals surface area (Å²) in [7, 11) is 0. The van der Waals surface area contributed by atoms with Crippen LogP contribution in [0.25, 0.3) is 10.9 Å². The van der Waals surface area contributed by atoms with Gasteiger partial charge in [0.25, 0.3) is 0 Å². The minimum atomic E-state index is -0.622. The number of nitrogens with zero attached hydrogens (tertiary/aromatic N) is 1. The van der Waals surface area contributed by atoms with E-state index < -0.39 is 6.10 Å². The van der Waals surface area contributed by atoms with Gasteiger partial charge in [-0.3, -0.25) is 4.99 Å². The van der Waals surface area contributed by atoms with Gasteiger partial charge in [0.1, 0.15) is 5.82 Å². The van der Waals surface area contributed by atoms with E-state index in [1.807, 2.05) is 13.1 Å². The lowest BCUT2D eigenvalue weighted by molar-refractivity contribution is 0.0301. The summed E-state index contributed by atoms with van der Waals surface area (Å²) < 4.78 is 18.7. The van der Waals surface area contributed by atoms with E-state index in [0.29, 0.717) is 25.0 Å². The molecular weight excluding hydrogens is 474 g/mol. The molecule has 0 saturated carbocycles. The maximum Gasteiger partial charge on any atom is 0.191 e. The number of H-pyrrole nitrogens is 1.